The molecule has 1 unspecified atom stereocenters. The second-order valence-electron chi connectivity index (χ2n) is 6.01. The Kier molecular flexibility index (Phi) is 4.76. The molecule has 0 radical (unpaired) electrons. The topological polar surface area (TPSA) is 86.6 Å². The summed E-state index contributed by atoms with van der Waals surface area (Å²) in [6, 6.07) is 4.23. The predicted molar refractivity (Wildman–Crippen MR) is 75.8 cm³/mol. The smallest absolute Gasteiger partial charge is 0.305 e. The molecule has 0 aliphatic heterocycles. The van der Waals surface area contributed by atoms with Gasteiger partial charge in [-0.05, 0) is 30.0 Å². The van der Waals surface area contributed by atoms with Crippen LogP contribution in [0, 0.1) is 12.3 Å². The number of hydrogen-bond donors (Lipinski definition) is 3. The highest BCUT2D eigenvalue weighted by molar-refractivity contribution is 5.97. The Morgan fingerprint density at radius 1 is 1.30 bits per heavy atom. The van der Waals surface area contributed by atoms with Crippen LogP contribution < -0.4 is 5.32 Å². The molecule has 0 aliphatic carbocycles. The maximum atomic E-state index is 12.2. The largest absolute Gasteiger partial charge is 0.507 e. The van der Waals surface area contributed by atoms with Crippen molar-refractivity contribution in [3.05, 3.63) is 29.3 Å². The van der Waals surface area contributed by atoms with Crippen LogP contribution in [0.2, 0.25) is 0 Å². The number of aryl methyl sites for hydroxylation is 1. The SMILES string of the molecule is Cc1ccc(C(=O)NC(CC(=O)O)C(C)(C)C)c(O)c1. The van der Waals surface area contributed by atoms with Crippen molar-refractivity contribution >= 4 is 11.9 Å². The molecule has 1 amide bonds. The number of aliphatic carboxylic acids is 1. The number of carboxylic acid groups (broad SMARTS) is 1. The van der Waals surface area contributed by atoms with E-state index in [1.807, 2.05) is 27.7 Å². The maximum Gasteiger partial charge on any atom is 0.305 e. The molecule has 1 rings (SSSR count). The standard InChI is InChI=1S/C15H21NO4/c1-9-5-6-10(11(17)7-9)14(20)16-12(8-13(18)19)15(2,3)4/h5-7,12,17H,8H2,1-4H3,(H,16,20)(H,18,19). The second-order valence-corrected chi connectivity index (χ2v) is 6.01. The fourth-order valence-corrected chi connectivity index (χ4v) is 1.82. The molecule has 0 saturated carbocycles. The van der Waals surface area contributed by atoms with E-state index in [-0.39, 0.29) is 17.7 Å². The third-order valence-electron chi connectivity index (χ3n) is 3.13. The highest BCUT2D eigenvalue weighted by atomic mass is 16.4. The van der Waals surface area contributed by atoms with E-state index in [0.29, 0.717) is 0 Å². The predicted octanol–water partition coefficient (Wildman–Crippen LogP) is 2.32. The molecule has 0 heterocycles. The molecule has 110 valence electrons. The van der Waals surface area contributed by atoms with Gasteiger partial charge in [-0.2, -0.15) is 0 Å². The molecule has 0 aromatic heterocycles. The zero-order chi connectivity index (χ0) is 15.5. The minimum atomic E-state index is -0.974. The summed E-state index contributed by atoms with van der Waals surface area (Å²) in [6.45, 7) is 7.38. The lowest BCUT2D eigenvalue weighted by molar-refractivity contribution is -0.138. The van der Waals surface area contributed by atoms with Crippen LogP contribution >= 0.6 is 0 Å². The zero-order valence-electron chi connectivity index (χ0n) is 12.2. The summed E-state index contributed by atoms with van der Waals surface area (Å²) >= 11 is 0. The number of carbonyl (C=O) groups excluding carboxylic acids is 1. The lowest BCUT2D eigenvalue weighted by Crippen LogP contribution is -2.45. The van der Waals surface area contributed by atoms with Crippen LogP contribution in [0.25, 0.3) is 0 Å². The first-order valence-electron chi connectivity index (χ1n) is 6.43. The van der Waals surface area contributed by atoms with Crippen molar-refractivity contribution in [2.45, 2.75) is 40.2 Å². The van der Waals surface area contributed by atoms with Gasteiger partial charge >= 0.3 is 5.97 Å². The van der Waals surface area contributed by atoms with Crippen LogP contribution in [0.15, 0.2) is 18.2 Å². The molecular formula is C15H21NO4. The van der Waals surface area contributed by atoms with Crippen molar-refractivity contribution in [1.29, 1.82) is 0 Å². The number of nitrogens with one attached hydrogen (secondary N) is 1. The summed E-state index contributed by atoms with van der Waals surface area (Å²) in [5, 5.41) is 21.4. The molecule has 0 bridgehead atoms. The van der Waals surface area contributed by atoms with E-state index in [0.717, 1.165) is 5.56 Å². The number of amides is 1. The molecule has 1 atom stereocenters. The molecular weight excluding hydrogens is 258 g/mol. The van der Waals surface area contributed by atoms with Gasteiger partial charge in [0.2, 0.25) is 0 Å². The van der Waals surface area contributed by atoms with Crippen LogP contribution in [-0.4, -0.2) is 28.1 Å². The number of carboxylic acids is 1. The van der Waals surface area contributed by atoms with E-state index >= 15 is 0 Å². The van der Waals surface area contributed by atoms with Crippen molar-refractivity contribution in [3.8, 4) is 5.75 Å². The van der Waals surface area contributed by atoms with Crippen LogP contribution in [-0.2, 0) is 4.79 Å². The van der Waals surface area contributed by atoms with Crippen LogP contribution in [0.1, 0.15) is 43.1 Å². The van der Waals surface area contributed by atoms with E-state index < -0.39 is 23.3 Å². The Morgan fingerprint density at radius 2 is 1.90 bits per heavy atom. The number of benzene rings is 1. The molecule has 5 nitrogen and oxygen atoms in total. The fourth-order valence-electron chi connectivity index (χ4n) is 1.82. The molecule has 0 fully saturated rings. The Labute approximate surface area is 118 Å². The first kappa shape index (κ1) is 16.0. The summed E-state index contributed by atoms with van der Waals surface area (Å²) < 4.78 is 0. The number of phenolic OH excluding ortho intramolecular Hbond substituents is 1. The molecule has 1 aromatic rings. The molecule has 0 aliphatic rings. The third kappa shape index (κ3) is 4.26. The van der Waals surface area contributed by atoms with Crippen molar-refractivity contribution in [3.63, 3.8) is 0 Å². The number of phenols is 1. The Balaban J connectivity index is 2.93. The van der Waals surface area contributed by atoms with E-state index in [1.54, 1.807) is 6.07 Å². The summed E-state index contributed by atoms with van der Waals surface area (Å²) in [5.41, 5.74) is 0.598. The molecule has 3 N–H and O–H groups in total. The number of carbonyl (C=O) groups is 2. The van der Waals surface area contributed by atoms with Gasteiger partial charge in [0.15, 0.2) is 0 Å². The average Bonchev–Trinajstić information content (AvgIpc) is 2.25. The minimum Gasteiger partial charge on any atom is -0.507 e. The van der Waals surface area contributed by atoms with Gasteiger partial charge in [0.1, 0.15) is 5.75 Å². The van der Waals surface area contributed by atoms with Crippen molar-refractivity contribution in [2.75, 3.05) is 0 Å². The monoisotopic (exact) mass is 279 g/mol. The summed E-state index contributed by atoms with van der Waals surface area (Å²) in [7, 11) is 0. The van der Waals surface area contributed by atoms with Crippen LogP contribution in [0.4, 0.5) is 0 Å². The lowest BCUT2D eigenvalue weighted by atomic mass is 9.84. The van der Waals surface area contributed by atoms with Crippen LogP contribution in [0.5, 0.6) is 5.75 Å². The lowest BCUT2D eigenvalue weighted by Gasteiger charge is -2.30. The van der Waals surface area contributed by atoms with Crippen molar-refractivity contribution in [1.82, 2.24) is 5.32 Å². The number of rotatable bonds is 4. The fraction of sp³-hybridized carbons (Fsp3) is 0.467. The maximum absolute atomic E-state index is 12.2. The summed E-state index contributed by atoms with van der Waals surface area (Å²) in [6.07, 6.45) is -0.165. The summed E-state index contributed by atoms with van der Waals surface area (Å²) in [5.74, 6) is -1.55. The van der Waals surface area contributed by atoms with Gasteiger partial charge in [-0.15, -0.1) is 0 Å². The first-order valence-corrected chi connectivity index (χ1v) is 6.43. The molecule has 1 aromatic carbocycles. The summed E-state index contributed by atoms with van der Waals surface area (Å²) in [4.78, 5) is 23.0. The molecule has 0 saturated heterocycles. The van der Waals surface area contributed by atoms with E-state index in [4.69, 9.17) is 5.11 Å². The quantitative estimate of drug-likeness (QED) is 0.789. The zero-order valence-corrected chi connectivity index (χ0v) is 12.2. The first-order chi connectivity index (χ1) is 9.11. The van der Waals surface area contributed by atoms with E-state index in [2.05, 4.69) is 5.32 Å². The van der Waals surface area contributed by atoms with Gasteiger partial charge in [0.25, 0.3) is 5.91 Å². The van der Waals surface area contributed by atoms with Gasteiger partial charge < -0.3 is 15.5 Å². The number of aromatic hydroxyl groups is 1. The van der Waals surface area contributed by atoms with Crippen LogP contribution in [0.3, 0.4) is 0 Å². The third-order valence-corrected chi connectivity index (χ3v) is 3.13. The Hall–Kier alpha value is -2.04. The van der Waals surface area contributed by atoms with Crippen molar-refractivity contribution in [2.24, 2.45) is 5.41 Å². The normalized spacial score (nSPS) is 12.8. The van der Waals surface area contributed by atoms with Gasteiger partial charge in [-0.3, -0.25) is 9.59 Å². The highest BCUT2D eigenvalue weighted by Crippen LogP contribution is 2.24. The van der Waals surface area contributed by atoms with Gasteiger partial charge in [0.05, 0.1) is 12.0 Å². The van der Waals surface area contributed by atoms with Gasteiger partial charge in [-0.1, -0.05) is 26.8 Å². The van der Waals surface area contributed by atoms with E-state index in [9.17, 15) is 14.7 Å². The van der Waals surface area contributed by atoms with Crippen molar-refractivity contribution < 1.29 is 19.8 Å². The number of hydrogen-bond acceptors (Lipinski definition) is 3. The average molecular weight is 279 g/mol. The molecule has 0 spiro atoms. The molecule has 5 heteroatoms. The van der Waals surface area contributed by atoms with Gasteiger partial charge in [0, 0.05) is 6.04 Å². The highest BCUT2D eigenvalue weighted by Gasteiger charge is 2.29. The Bertz CT molecular complexity index is 517. The minimum absolute atomic E-state index is 0.106. The van der Waals surface area contributed by atoms with Gasteiger partial charge in [-0.25, -0.2) is 0 Å². The molecule has 20 heavy (non-hydrogen) atoms. The van der Waals surface area contributed by atoms with E-state index in [1.165, 1.54) is 12.1 Å². The Morgan fingerprint density at radius 3 is 2.35 bits per heavy atom. The second kappa shape index (κ2) is 5.94.